The van der Waals surface area contributed by atoms with Crippen molar-refractivity contribution in [2.75, 3.05) is 13.1 Å². The number of aromatic nitrogens is 3. The molecule has 0 unspecified atom stereocenters. The van der Waals surface area contributed by atoms with Gasteiger partial charge in [0.25, 0.3) is 0 Å². The molecule has 0 saturated carbocycles. The first-order valence-electron chi connectivity index (χ1n) is 14.4. The number of piperidine rings is 2. The van der Waals surface area contributed by atoms with Crippen LogP contribution in [0.2, 0.25) is 0 Å². The maximum absolute atomic E-state index is 16.2. The number of benzene rings is 2. The summed E-state index contributed by atoms with van der Waals surface area (Å²) in [6.45, 7) is 5.68. The van der Waals surface area contributed by atoms with E-state index >= 15 is 4.39 Å². The number of nitriles is 1. The van der Waals surface area contributed by atoms with E-state index in [1.54, 1.807) is 36.1 Å². The number of hydrogen-bond donors (Lipinski definition) is 2. The van der Waals surface area contributed by atoms with Gasteiger partial charge in [0, 0.05) is 67.4 Å². The van der Waals surface area contributed by atoms with E-state index in [0.717, 1.165) is 16.7 Å². The van der Waals surface area contributed by atoms with Gasteiger partial charge in [-0.2, -0.15) is 10.4 Å². The molecule has 0 radical (unpaired) electrons. The second-order valence-corrected chi connectivity index (χ2v) is 12.3. The van der Waals surface area contributed by atoms with Crippen LogP contribution >= 0.6 is 0 Å². The van der Waals surface area contributed by atoms with E-state index in [2.05, 4.69) is 26.4 Å². The van der Waals surface area contributed by atoms with E-state index in [0.29, 0.717) is 49.2 Å². The summed E-state index contributed by atoms with van der Waals surface area (Å²) in [5.74, 6) is -1.83. The molecule has 2 aromatic carbocycles. The minimum absolute atomic E-state index is 0.220. The molecule has 2 fully saturated rings. The third kappa shape index (κ3) is 5.09. The Morgan fingerprint density at radius 3 is 2.65 bits per heavy atom. The van der Waals surface area contributed by atoms with Crippen LogP contribution in [0.1, 0.15) is 61.4 Å². The third-order valence-electron chi connectivity index (χ3n) is 9.04. The van der Waals surface area contributed by atoms with E-state index in [1.807, 2.05) is 44.3 Å². The molecular formula is C33H33FN6O3. The van der Waals surface area contributed by atoms with Crippen molar-refractivity contribution in [3.8, 4) is 17.2 Å². The largest absolute Gasteiger partial charge is 0.384 e. The number of aliphatic hydroxyl groups is 1. The van der Waals surface area contributed by atoms with Gasteiger partial charge in [0.1, 0.15) is 11.9 Å². The van der Waals surface area contributed by atoms with Crippen LogP contribution in [-0.2, 0) is 28.8 Å². The number of halogens is 1. The highest BCUT2D eigenvalue weighted by atomic mass is 19.1. The lowest BCUT2D eigenvalue weighted by atomic mass is 9.66. The number of pyridine rings is 1. The quantitative estimate of drug-likeness (QED) is 0.338. The molecule has 2 N–H and O–H groups in total. The third-order valence-corrected chi connectivity index (χ3v) is 9.04. The van der Waals surface area contributed by atoms with Gasteiger partial charge in [-0.05, 0) is 41.7 Å². The molecule has 0 aliphatic carbocycles. The molecule has 220 valence electrons. The predicted octanol–water partition coefficient (Wildman–Crippen LogP) is 4.29. The van der Waals surface area contributed by atoms with Crippen LogP contribution in [-0.4, -0.2) is 49.7 Å². The zero-order valence-electron chi connectivity index (χ0n) is 24.4. The number of hydrogen-bond acceptors (Lipinski definition) is 7. The van der Waals surface area contributed by atoms with Crippen molar-refractivity contribution in [2.45, 2.75) is 51.2 Å². The number of carbonyl (C=O) groups excluding carboxylic acids is 2. The van der Waals surface area contributed by atoms with Crippen molar-refractivity contribution < 1.29 is 19.1 Å². The number of likely N-dealkylation sites (tertiary alicyclic amines) is 1. The first kappa shape index (κ1) is 28.6. The summed E-state index contributed by atoms with van der Waals surface area (Å²) in [6.07, 6.45) is 4.29. The number of amides is 2. The molecule has 6 rings (SSSR count). The van der Waals surface area contributed by atoms with Crippen molar-refractivity contribution in [3.63, 3.8) is 0 Å². The molecule has 9 nitrogen and oxygen atoms in total. The Morgan fingerprint density at radius 2 is 1.95 bits per heavy atom. The Morgan fingerprint density at radius 1 is 1.19 bits per heavy atom. The Balaban J connectivity index is 1.22. The van der Waals surface area contributed by atoms with Crippen LogP contribution in [0.4, 0.5) is 4.39 Å². The molecule has 4 aromatic rings. The summed E-state index contributed by atoms with van der Waals surface area (Å²) in [5, 5.41) is 28.3. The average molecular weight is 581 g/mol. The number of nitrogens with one attached hydrogen (secondary N) is 1. The Labute approximate surface area is 249 Å². The van der Waals surface area contributed by atoms with Crippen LogP contribution < -0.4 is 5.32 Å². The molecule has 2 saturated heterocycles. The fraction of sp³-hybridized carbons (Fsp3) is 0.364. The zero-order valence-corrected chi connectivity index (χ0v) is 24.4. The second-order valence-electron chi connectivity index (χ2n) is 12.3. The van der Waals surface area contributed by atoms with E-state index < -0.39 is 28.7 Å². The summed E-state index contributed by atoms with van der Waals surface area (Å²) in [5.41, 5.74) is 2.28. The molecule has 0 spiro atoms. The number of imide groups is 1. The Kier molecular flexibility index (Phi) is 7.11. The number of aryl methyl sites for hydroxylation is 1. The van der Waals surface area contributed by atoms with Crippen molar-refractivity contribution in [1.82, 2.24) is 25.0 Å². The molecule has 43 heavy (non-hydrogen) atoms. The van der Waals surface area contributed by atoms with Crippen LogP contribution in [0.5, 0.6) is 0 Å². The highest BCUT2D eigenvalue weighted by molar-refractivity contribution is 6.01. The molecule has 2 atom stereocenters. The summed E-state index contributed by atoms with van der Waals surface area (Å²) < 4.78 is 17.9. The summed E-state index contributed by atoms with van der Waals surface area (Å²) >= 11 is 0. The van der Waals surface area contributed by atoms with Crippen LogP contribution in [0.3, 0.4) is 0 Å². The lowest BCUT2D eigenvalue weighted by molar-refractivity contribution is -0.134. The minimum atomic E-state index is -1.43. The molecule has 4 heterocycles. The molecule has 2 amide bonds. The van der Waals surface area contributed by atoms with Crippen molar-refractivity contribution in [3.05, 3.63) is 83.1 Å². The minimum Gasteiger partial charge on any atom is -0.384 e. The van der Waals surface area contributed by atoms with Crippen molar-refractivity contribution in [2.24, 2.45) is 12.5 Å². The standard InChI is InChI=1S/C33H33FN6O3/c1-32(2)19-40(17-20-4-6-21(7-5-20)25-18-39(3)38-28(25)15-35)13-12-33(32,43)26-9-10-27-24(30(26)34)14-22(16-36-27)23-8-11-29(41)37-31(23)42/h4-7,9-10,14,16,18,23,43H,8,11-13,17,19H2,1-3H3,(H,37,41,42)/t23-,33-/m1/s1. The van der Waals surface area contributed by atoms with Gasteiger partial charge in [-0.3, -0.25) is 29.5 Å². The number of rotatable bonds is 5. The van der Waals surface area contributed by atoms with Crippen molar-refractivity contribution in [1.29, 1.82) is 5.26 Å². The van der Waals surface area contributed by atoms with Gasteiger partial charge in [0.2, 0.25) is 11.8 Å². The van der Waals surface area contributed by atoms with Crippen LogP contribution in [0.15, 0.2) is 54.9 Å². The number of fused-ring (bicyclic) bond motifs is 1. The molecule has 0 bridgehead atoms. The topological polar surface area (TPSA) is 124 Å². The average Bonchev–Trinajstić information content (AvgIpc) is 3.36. The van der Waals surface area contributed by atoms with E-state index in [9.17, 15) is 20.0 Å². The maximum atomic E-state index is 16.2. The first-order valence-corrected chi connectivity index (χ1v) is 14.4. The van der Waals surface area contributed by atoms with Gasteiger partial charge in [0.05, 0.1) is 17.0 Å². The molecule has 2 aliphatic heterocycles. The number of carbonyl (C=O) groups is 2. The fourth-order valence-electron chi connectivity index (χ4n) is 6.59. The lowest BCUT2D eigenvalue weighted by Gasteiger charge is -2.50. The molecular weight excluding hydrogens is 547 g/mol. The smallest absolute Gasteiger partial charge is 0.234 e. The Bertz CT molecular complexity index is 1790. The Hall–Kier alpha value is -4.46. The van der Waals surface area contributed by atoms with Crippen LogP contribution in [0.25, 0.3) is 22.0 Å². The van der Waals surface area contributed by atoms with Gasteiger partial charge in [-0.1, -0.05) is 44.2 Å². The van der Waals surface area contributed by atoms with Gasteiger partial charge in [-0.15, -0.1) is 0 Å². The number of nitrogens with zero attached hydrogens (tertiary/aromatic N) is 5. The van der Waals surface area contributed by atoms with Gasteiger partial charge in [0.15, 0.2) is 5.69 Å². The van der Waals surface area contributed by atoms with Gasteiger partial charge in [-0.25, -0.2) is 4.39 Å². The lowest BCUT2D eigenvalue weighted by Crippen LogP contribution is -2.55. The monoisotopic (exact) mass is 580 g/mol. The molecule has 2 aliphatic rings. The highest BCUT2D eigenvalue weighted by Crippen LogP contribution is 2.48. The summed E-state index contributed by atoms with van der Waals surface area (Å²) in [4.78, 5) is 30.7. The van der Waals surface area contributed by atoms with E-state index in [4.69, 9.17) is 0 Å². The van der Waals surface area contributed by atoms with Gasteiger partial charge >= 0.3 is 0 Å². The highest BCUT2D eigenvalue weighted by Gasteiger charge is 2.50. The fourth-order valence-corrected chi connectivity index (χ4v) is 6.59. The first-order chi connectivity index (χ1) is 20.5. The van der Waals surface area contributed by atoms with Crippen molar-refractivity contribution >= 4 is 22.7 Å². The predicted molar refractivity (Wildman–Crippen MR) is 158 cm³/mol. The SMILES string of the molecule is Cn1cc(-c2ccc(CN3CC[C@@](O)(c4ccc5ncc([C@H]6CCC(=O)NC6=O)cc5c4F)C(C)(C)C3)cc2)c(C#N)n1. The second kappa shape index (κ2) is 10.7. The van der Waals surface area contributed by atoms with E-state index in [1.165, 1.54) is 0 Å². The summed E-state index contributed by atoms with van der Waals surface area (Å²) in [6, 6.07) is 15.1. The normalized spacial score (nSPS) is 22.4. The zero-order chi connectivity index (χ0) is 30.5. The molecule has 10 heteroatoms. The summed E-state index contributed by atoms with van der Waals surface area (Å²) in [7, 11) is 1.79. The van der Waals surface area contributed by atoms with Crippen LogP contribution in [0, 0.1) is 22.6 Å². The van der Waals surface area contributed by atoms with Gasteiger partial charge < -0.3 is 5.11 Å². The molecule has 2 aromatic heterocycles. The van der Waals surface area contributed by atoms with E-state index in [-0.39, 0.29) is 23.3 Å². The maximum Gasteiger partial charge on any atom is 0.234 e.